The second-order valence-electron chi connectivity index (χ2n) is 5.81. The van der Waals surface area contributed by atoms with Crippen LogP contribution in [0.3, 0.4) is 0 Å². The number of nitrogens with one attached hydrogen (secondary N) is 3. The van der Waals surface area contributed by atoms with Crippen LogP contribution in [0.1, 0.15) is 21.3 Å². The minimum atomic E-state index is -4.85. The number of rotatable bonds is 9. The molecule has 30 heavy (non-hydrogen) atoms. The number of ether oxygens (including phenoxy) is 1. The van der Waals surface area contributed by atoms with Gasteiger partial charge in [-0.15, -0.1) is 13.2 Å². The molecular weight excluding hydrogens is 405 g/mol. The normalized spacial score (nSPS) is 13.3. The van der Waals surface area contributed by atoms with E-state index in [9.17, 15) is 28.2 Å². The van der Waals surface area contributed by atoms with Crippen molar-refractivity contribution in [3.05, 3.63) is 60.2 Å². The molecule has 0 aliphatic carbocycles. The molecule has 2 rings (SSSR count). The Morgan fingerprint density at radius 1 is 1.40 bits per heavy atom. The van der Waals surface area contributed by atoms with Crippen LogP contribution in [0.2, 0.25) is 0 Å². The number of hydrogen-bond acceptors (Lipinski definition) is 7. The summed E-state index contributed by atoms with van der Waals surface area (Å²) in [5.41, 5.74) is 0.0231. The molecule has 1 heterocycles. The van der Waals surface area contributed by atoms with Crippen molar-refractivity contribution in [3.63, 3.8) is 0 Å². The molecule has 1 aromatic heterocycles. The van der Waals surface area contributed by atoms with Crippen molar-refractivity contribution in [3.8, 4) is 5.75 Å². The number of aliphatic hydroxyl groups is 2. The molecular formula is C19H19F3N4O4. The summed E-state index contributed by atoms with van der Waals surface area (Å²) >= 11 is 0. The second-order valence-corrected chi connectivity index (χ2v) is 5.81. The maximum Gasteiger partial charge on any atom is 0.573 e. The first-order valence-electron chi connectivity index (χ1n) is 9.83. The highest BCUT2D eigenvalue weighted by Gasteiger charge is 2.31. The highest BCUT2D eigenvalue weighted by Crippen LogP contribution is 2.28. The zero-order valence-corrected chi connectivity index (χ0v) is 15.2. The third-order valence-electron chi connectivity index (χ3n) is 3.71. The molecule has 1 aromatic carbocycles. The van der Waals surface area contributed by atoms with Crippen LogP contribution in [0.15, 0.2) is 49.1 Å². The van der Waals surface area contributed by atoms with Gasteiger partial charge in [0.1, 0.15) is 17.7 Å². The third-order valence-corrected chi connectivity index (χ3v) is 3.71. The van der Waals surface area contributed by atoms with Gasteiger partial charge in [-0.3, -0.25) is 4.79 Å². The van der Waals surface area contributed by atoms with E-state index in [1.807, 2.05) is 0 Å². The van der Waals surface area contributed by atoms with E-state index in [0.29, 0.717) is 0 Å². The van der Waals surface area contributed by atoms with Crippen molar-refractivity contribution in [2.75, 3.05) is 18.5 Å². The van der Waals surface area contributed by atoms with Gasteiger partial charge in [0.25, 0.3) is 0 Å². The SMILES string of the molecule is [2H]C([2H])=C([2H])C(=O)NCC(=N)c1c([C@H](O)CO)ccnc1Nc1ccc(OC(F)(F)F)cc1. The predicted octanol–water partition coefficient (Wildman–Crippen LogP) is 2.42. The van der Waals surface area contributed by atoms with Gasteiger partial charge in [0.15, 0.2) is 0 Å². The Kier molecular flexibility index (Phi) is 6.10. The van der Waals surface area contributed by atoms with Crippen LogP contribution >= 0.6 is 0 Å². The number of anilines is 2. The zero-order chi connectivity index (χ0) is 24.8. The van der Waals surface area contributed by atoms with E-state index in [0.717, 1.165) is 12.1 Å². The molecule has 1 amide bonds. The average molecular weight is 427 g/mol. The summed E-state index contributed by atoms with van der Waals surface area (Å²) in [6, 6.07) is 5.04. The summed E-state index contributed by atoms with van der Waals surface area (Å²) in [5, 5.41) is 32.8. The van der Waals surface area contributed by atoms with Crippen LogP contribution in [0, 0.1) is 5.41 Å². The van der Waals surface area contributed by atoms with E-state index >= 15 is 0 Å². The summed E-state index contributed by atoms with van der Waals surface area (Å²) < 4.78 is 62.1. The fourth-order valence-corrected chi connectivity index (χ4v) is 2.44. The summed E-state index contributed by atoms with van der Waals surface area (Å²) in [6.45, 7) is -2.18. The topological polar surface area (TPSA) is 128 Å². The zero-order valence-electron chi connectivity index (χ0n) is 18.2. The maximum atomic E-state index is 12.3. The quantitative estimate of drug-likeness (QED) is 0.309. The van der Waals surface area contributed by atoms with E-state index < -0.39 is 49.9 Å². The van der Waals surface area contributed by atoms with Gasteiger partial charge >= 0.3 is 6.36 Å². The molecule has 0 aliphatic heterocycles. The molecule has 0 saturated heterocycles. The van der Waals surface area contributed by atoms with Crippen molar-refractivity contribution in [1.82, 2.24) is 10.3 Å². The van der Waals surface area contributed by atoms with E-state index in [-0.39, 0.29) is 28.3 Å². The average Bonchev–Trinajstić information content (AvgIpc) is 2.76. The molecule has 8 nitrogen and oxygen atoms in total. The maximum absolute atomic E-state index is 12.3. The van der Waals surface area contributed by atoms with Crippen LogP contribution in [-0.4, -0.2) is 46.3 Å². The number of carbonyl (C=O) groups excluding carboxylic acids is 1. The number of amides is 1. The highest BCUT2D eigenvalue weighted by molar-refractivity contribution is 6.07. The Hall–Kier alpha value is -3.44. The highest BCUT2D eigenvalue weighted by atomic mass is 19.4. The monoisotopic (exact) mass is 427 g/mol. The Morgan fingerprint density at radius 2 is 2.10 bits per heavy atom. The Balaban J connectivity index is 2.32. The molecule has 2 aromatic rings. The van der Waals surface area contributed by atoms with Gasteiger partial charge in [0, 0.05) is 17.4 Å². The summed E-state index contributed by atoms with van der Waals surface area (Å²) in [4.78, 5) is 15.9. The Bertz CT molecular complexity index is 1050. The molecule has 0 saturated carbocycles. The van der Waals surface area contributed by atoms with Gasteiger partial charge in [-0.2, -0.15) is 0 Å². The smallest absolute Gasteiger partial charge is 0.406 e. The number of benzene rings is 1. The van der Waals surface area contributed by atoms with Crippen molar-refractivity contribution >= 4 is 23.1 Å². The first kappa shape index (κ1) is 18.6. The molecule has 11 heteroatoms. The molecule has 0 spiro atoms. The standard InChI is InChI=1S/C19H19F3N4O4/c1-2-16(29)25-9-14(23)17-13(15(28)10-27)7-8-24-18(17)26-11-3-5-12(6-4-11)30-19(20,21)22/h2-8,15,23,27-28H,1,9-10H2,(H,24,26)(H,25,29)/t15-/m1/s1/i1D2,2D. The van der Waals surface area contributed by atoms with Crippen molar-refractivity contribution in [2.24, 2.45) is 0 Å². The summed E-state index contributed by atoms with van der Waals surface area (Å²) in [7, 11) is 0. The molecule has 1 atom stereocenters. The van der Waals surface area contributed by atoms with E-state index in [1.54, 1.807) is 0 Å². The summed E-state index contributed by atoms with van der Waals surface area (Å²) in [5.74, 6) is -1.53. The van der Waals surface area contributed by atoms with Crippen LogP contribution in [0.25, 0.3) is 0 Å². The van der Waals surface area contributed by atoms with Crippen molar-refractivity contribution in [1.29, 1.82) is 5.41 Å². The Labute approximate surface area is 173 Å². The lowest BCUT2D eigenvalue weighted by Gasteiger charge is -2.19. The van der Waals surface area contributed by atoms with Gasteiger partial charge in [-0.1, -0.05) is 6.53 Å². The van der Waals surface area contributed by atoms with Crippen LogP contribution < -0.4 is 15.4 Å². The van der Waals surface area contributed by atoms with Crippen LogP contribution in [-0.2, 0) is 4.79 Å². The van der Waals surface area contributed by atoms with Gasteiger partial charge < -0.3 is 31.0 Å². The number of nitrogens with zero attached hydrogens (tertiary/aromatic N) is 1. The first-order chi connectivity index (χ1) is 15.4. The number of hydrogen-bond donors (Lipinski definition) is 5. The van der Waals surface area contributed by atoms with Crippen LogP contribution in [0.4, 0.5) is 24.7 Å². The van der Waals surface area contributed by atoms with Gasteiger partial charge in [-0.05, 0) is 41.9 Å². The summed E-state index contributed by atoms with van der Waals surface area (Å²) in [6.07, 6.45) is -5.00. The molecule has 0 unspecified atom stereocenters. The predicted molar refractivity (Wildman–Crippen MR) is 103 cm³/mol. The van der Waals surface area contributed by atoms with Crippen molar-refractivity contribution < 1.29 is 37.0 Å². The number of alkyl halides is 3. The largest absolute Gasteiger partial charge is 0.573 e. The number of aliphatic hydroxyl groups excluding tert-OH is 2. The first-order valence-corrected chi connectivity index (χ1v) is 8.33. The molecule has 5 N–H and O–H groups in total. The van der Waals surface area contributed by atoms with Crippen molar-refractivity contribution in [2.45, 2.75) is 12.5 Å². The number of pyridine rings is 1. The minimum absolute atomic E-state index is 0.00736. The lowest BCUT2D eigenvalue weighted by Crippen LogP contribution is -2.29. The number of aromatic nitrogens is 1. The van der Waals surface area contributed by atoms with E-state index in [4.69, 9.17) is 9.52 Å². The van der Waals surface area contributed by atoms with E-state index in [1.165, 1.54) is 24.4 Å². The fourth-order valence-electron chi connectivity index (χ4n) is 2.44. The Morgan fingerprint density at radius 3 is 2.70 bits per heavy atom. The molecule has 160 valence electrons. The van der Waals surface area contributed by atoms with Crippen LogP contribution in [0.5, 0.6) is 5.75 Å². The minimum Gasteiger partial charge on any atom is -0.406 e. The fraction of sp³-hybridized carbons (Fsp3) is 0.211. The molecule has 0 bridgehead atoms. The third kappa shape index (κ3) is 6.29. The lowest BCUT2D eigenvalue weighted by molar-refractivity contribution is -0.274. The van der Waals surface area contributed by atoms with Gasteiger partial charge in [0.2, 0.25) is 5.91 Å². The number of carbonyl (C=O) groups is 1. The lowest BCUT2D eigenvalue weighted by atomic mass is 9.99. The van der Waals surface area contributed by atoms with Gasteiger partial charge in [0.05, 0.1) is 23.0 Å². The van der Waals surface area contributed by atoms with Gasteiger partial charge in [-0.25, -0.2) is 4.98 Å². The van der Waals surface area contributed by atoms with E-state index in [2.05, 4.69) is 20.4 Å². The second kappa shape index (κ2) is 9.85. The molecule has 0 aliphatic rings. The number of halogens is 3. The molecule has 0 radical (unpaired) electrons. The molecule has 0 fully saturated rings.